The number of fused-ring (bicyclic) bond motifs is 2. The summed E-state index contributed by atoms with van der Waals surface area (Å²) in [6.07, 6.45) is 0.254. The van der Waals surface area contributed by atoms with Gasteiger partial charge in [-0.1, -0.05) is 0 Å². The molecule has 0 spiro atoms. The van der Waals surface area contributed by atoms with Crippen molar-refractivity contribution in [2.75, 3.05) is 18.0 Å². The molecule has 154 valence electrons. The lowest BCUT2D eigenvalue weighted by molar-refractivity contribution is -0.137. The molecule has 0 saturated carbocycles. The van der Waals surface area contributed by atoms with Crippen LogP contribution in [0.3, 0.4) is 0 Å². The number of amides is 2. The largest absolute Gasteiger partial charge is 0.416 e. The predicted octanol–water partition coefficient (Wildman–Crippen LogP) is 3.37. The number of urea groups is 1. The van der Waals surface area contributed by atoms with Crippen molar-refractivity contribution < 1.29 is 23.1 Å². The van der Waals surface area contributed by atoms with E-state index in [0.29, 0.717) is 19.4 Å². The second-order valence-electron chi connectivity index (χ2n) is 8.20. The lowest BCUT2D eigenvalue weighted by atomic mass is 10.00. The number of alkyl halides is 3. The number of halogens is 3. The number of aliphatic hydroxyl groups is 1. The fraction of sp³-hybridized carbons (Fsp3) is 0.650. The van der Waals surface area contributed by atoms with Gasteiger partial charge in [0.2, 0.25) is 0 Å². The van der Waals surface area contributed by atoms with Crippen LogP contribution in [-0.4, -0.2) is 53.4 Å². The Morgan fingerprint density at radius 3 is 2.32 bits per heavy atom. The van der Waals surface area contributed by atoms with Gasteiger partial charge in [0.1, 0.15) is 0 Å². The number of carbonyl (C=O) groups is 1. The lowest BCUT2D eigenvalue weighted by Crippen LogP contribution is -2.56. The van der Waals surface area contributed by atoms with Crippen LogP contribution in [-0.2, 0) is 6.18 Å². The number of rotatable bonds is 2. The molecule has 1 aromatic carbocycles. The molecular formula is C20H26F3N3O2. The molecule has 2 amide bonds. The summed E-state index contributed by atoms with van der Waals surface area (Å²) >= 11 is 0. The van der Waals surface area contributed by atoms with E-state index in [0.717, 1.165) is 50.0 Å². The Morgan fingerprint density at radius 1 is 1.07 bits per heavy atom. The molecule has 0 aliphatic carbocycles. The lowest BCUT2D eigenvalue weighted by Gasteiger charge is -2.40. The average Bonchev–Trinajstić information content (AvgIpc) is 2.93. The highest BCUT2D eigenvalue weighted by Crippen LogP contribution is 2.36. The Kier molecular flexibility index (Phi) is 5.16. The number of benzene rings is 1. The normalized spacial score (nSPS) is 30.4. The van der Waals surface area contributed by atoms with E-state index in [9.17, 15) is 23.1 Å². The molecule has 2 N–H and O–H groups in total. The first-order valence-corrected chi connectivity index (χ1v) is 10.0. The molecule has 3 saturated heterocycles. The number of aliphatic hydroxyl groups excluding tert-OH is 1. The van der Waals surface area contributed by atoms with E-state index in [1.54, 1.807) is 0 Å². The van der Waals surface area contributed by atoms with Crippen LogP contribution in [0.15, 0.2) is 24.3 Å². The standard InChI is InChI=1S/C20H26F3N3O2/c21-20(22,23)13-3-5-15(6-4-13)25-9-1-2-14(12-25)24-19(28)26-16-7-8-17(26)11-18(27)10-16/h3-6,14,16-18,27H,1-2,7-12H2,(H,24,28)/t14-,16-,17+,18+/m0/s1. The van der Waals surface area contributed by atoms with E-state index < -0.39 is 11.7 Å². The molecule has 4 rings (SSSR count). The maximum Gasteiger partial charge on any atom is 0.416 e. The molecule has 3 aliphatic rings. The summed E-state index contributed by atoms with van der Waals surface area (Å²) in [6.45, 7) is 1.35. The number of anilines is 1. The van der Waals surface area contributed by atoms with Crippen molar-refractivity contribution >= 4 is 11.7 Å². The van der Waals surface area contributed by atoms with Crippen molar-refractivity contribution in [2.45, 2.75) is 68.9 Å². The number of hydrogen-bond donors (Lipinski definition) is 2. The first kappa shape index (κ1) is 19.4. The second-order valence-corrected chi connectivity index (χ2v) is 8.20. The van der Waals surface area contributed by atoms with Crippen LogP contribution in [0.5, 0.6) is 0 Å². The van der Waals surface area contributed by atoms with Gasteiger partial charge in [0.15, 0.2) is 0 Å². The quantitative estimate of drug-likeness (QED) is 0.805. The van der Waals surface area contributed by atoms with Crippen LogP contribution >= 0.6 is 0 Å². The Morgan fingerprint density at radius 2 is 1.71 bits per heavy atom. The maximum atomic E-state index is 12.8. The Labute approximate surface area is 162 Å². The molecule has 0 unspecified atom stereocenters. The van der Waals surface area contributed by atoms with Crippen LogP contribution in [0.25, 0.3) is 0 Å². The van der Waals surface area contributed by atoms with Crippen LogP contribution in [0, 0.1) is 0 Å². The zero-order valence-electron chi connectivity index (χ0n) is 15.7. The fourth-order valence-electron chi connectivity index (χ4n) is 4.92. The van der Waals surface area contributed by atoms with E-state index in [1.807, 2.05) is 9.80 Å². The van der Waals surface area contributed by atoms with E-state index in [4.69, 9.17) is 0 Å². The number of hydrogen-bond acceptors (Lipinski definition) is 3. The molecule has 5 nitrogen and oxygen atoms in total. The molecule has 28 heavy (non-hydrogen) atoms. The Hall–Kier alpha value is -1.96. The van der Waals surface area contributed by atoms with Gasteiger partial charge in [-0.3, -0.25) is 0 Å². The van der Waals surface area contributed by atoms with Gasteiger partial charge in [-0.15, -0.1) is 0 Å². The monoisotopic (exact) mass is 397 g/mol. The van der Waals surface area contributed by atoms with Gasteiger partial charge in [0.25, 0.3) is 0 Å². The number of nitrogens with one attached hydrogen (secondary N) is 1. The minimum Gasteiger partial charge on any atom is -0.393 e. The highest BCUT2D eigenvalue weighted by molar-refractivity contribution is 5.76. The topological polar surface area (TPSA) is 55.8 Å². The van der Waals surface area contributed by atoms with Gasteiger partial charge >= 0.3 is 12.2 Å². The number of piperidine rings is 2. The van der Waals surface area contributed by atoms with Gasteiger partial charge in [-0.2, -0.15) is 13.2 Å². The van der Waals surface area contributed by atoms with Gasteiger partial charge in [0.05, 0.1) is 11.7 Å². The highest BCUT2D eigenvalue weighted by Gasteiger charge is 2.43. The summed E-state index contributed by atoms with van der Waals surface area (Å²) in [6, 6.07) is 5.33. The molecule has 0 aromatic heterocycles. The molecule has 4 atom stereocenters. The van der Waals surface area contributed by atoms with Crippen molar-refractivity contribution in [1.82, 2.24) is 10.2 Å². The van der Waals surface area contributed by atoms with Crippen molar-refractivity contribution in [1.29, 1.82) is 0 Å². The number of carbonyl (C=O) groups excluding carboxylic acids is 1. The summed E-state index contributed by atoms with van der Waals surface area (Å²) in [4.78, 5) is 16.8. The Bertz CT molecular complexity index is 696. The van der Waals surface area contributed by atoms with E-state index in [-0.39, 0.29) is 30.3 Å². The van der Waals surface area contributed by atoms with Crippen LogP contribution in [0.1, 0.15) is 44.1 Å². The first-order chi connectivity index (χ1) is 13.3. The van der Waals surface area contributed by atoms with E-state index >= 15 is 0 Å². The molecule has 1 aromatic rings. The zero-order valence-corrected chi connectivity index (χ0v) is 15.7. The Balaban J connectivity index is 1.37. The second kappa shape index (κ2) is 7.46. The minimum atomic E-state index is -4.34. The molecule has 8 heteroatoms. The molecule has 0 radical (unpaired) electrons. The minimum absolute atomic E-state index is 0.0326. The summed E-state index contributed by atoms with van der Waals surface area (Å²) in [5.74, 6) is 0. The molecule has 3 fully saturated rings. The highest BCUT2D eigenvalue weighted by atomic mass is 19.4. The van der Waals surface area contributed by atoms with Gasteiger partial charge < -0.3 is 20.2 Å². The summed E-state index contributed by atoms with van der Waals surface area (Å²) in [5, 5.41) is 13.0. The van der Waals surface area contributed by atoms with E-state index in [1.165, 1.54) is 12.1 Å². The third kappa shape index (κ3) is 3.92. The predicted molar refractivity (Wildman–Crippen MR) is 99.1 cm³/mol. The SMILES string of the molecule is O=C(N[C@H]1CCCN(c2ccc(C(F)(F)F)cc2)C1)N1[C@@H]2CC[C@H]1C[C@@H](O)C2. The smallest absolute Gasteiger partial charge is 0.393 e. The van der Waals surface area contributed by atoms with Crippen LogP contribution in [0.2, 0.25) is 0 Å². The molecule has 3 heterocycles. The average molecular weight is 397 g/mol. The zero-order chi connectivity index (χ0) is 19.9. The summed E-state index contributed by atoms with van der Waals surface area (Å²) in [5.41, 5.74) is 0.0917. The van der Waals surface area contributed by atoms with Crippen LogP contribution in [0.4, 0.5) is 23.7 Å². The van der Waals surface area contributed by atoms with Crippen molar-refractivity contribution in [3.8, 4) is 0 Å². The van der Waals surface area contributed by atoms with E-state index in [2.05, 4.69) is 5.32 Å². The maximum absolute atomic E-state index is 12.8. The van der Waals surface area contributed by atoms with Crippen molar-refractivity contribution in [2.24, 2.45) is 0 Å². The molecule has 3 aliphatic heterocycles. The molecule has 2 bridgehead atoms. The summed E-state index contributed by atoms with van der Waals surface area (Å²) < 4.78 is 38.3. The van der Waals surface area contributed by atoms with Gasteiger partial charge in [-0.05, 0) is 62.8 Å². The van der Waals surface area contributed by atoms with Crippen LogP contribution < -0.4 is 10.2 Å². The first-order valence-electron chi connectivity index (χ1n) is 10.0. The third-order valence-corrected chi connectivity index (χ3v) is 6.25. The summed E-state index contributed by atoms with van der Waals surface area (Å²) in [7, 11) is 0. The van der Waals surface area contributed by atoms with Crippen molar-refractivity contribution in [3.05, 3.63) is 29.8 Å². The van der Waals surface area contributed by atoms with Gasteiger partial charge in [0, 0.05) is 36.9 Å². The van der Waals surface area contributed by atoms with Gasteiger partial charge in [-0.25, -0.2) is 4.79 Å². The fourth-order valence-corrected chi connectivity index (χ4v) is 4.92. The molecular weight excluding hydrogens is 371 g/mol. The number of nitrogens with zero attached hydrogens (tertiary/aromatic N) is 2. The van der Waals surface area contributed by atoms with Crippen molar-refractivity contribution in [3.63, 3.8) is 0 Å². The third-order valence-electron chi connectivity index (χ3n) is 6.25.